The first-order valence-corrected chi connectivity index (χ1v) is 9.84. The Morgan fingerprint density at radius 1 is 1.18 bits per heavy atom. The summed E-state index contributed by atoms with van der Waals surface area (Å²) < 4.78 is 43.7. The van der Waals surface area contributed by atoms with E-state index in [0.717, 1.165) is 28.1 Å². The van der Waals surface area contributed by atoms with E-state index < -0.39 is 48.1 Å². The van der Waals surface area contributed by atoms with Gasteiger partial charge >= 0.3 is 6.18 Å². The van der Waals surface area contributed by atoms with Crippen molar-refractivity contribution in [3.05, 3.63) is 53.1 Å². The lowest BCUT2D eigenvalue weighted by Gasteiger charge is -2.20. The number of carbonyl (C=O) groups excluding carboxylic acids is 3. The van der Waals surface area contributed by atoms with Crippen LogP contribution in [0.25, 0.3) is 0 Å². The van der Waals surface area contributed by atoms with Gasteiger partial charge in [-0.1, -0.05) is 22.9 Å². The highest BCUT2D eigenvalue weighted by Crippen LogP contribution is 2.35. The third kappa shape index (κ3) is 4.21. The van der Waals surface area contributed by atoms with E-state index in [-0.39, 0.29) is 16.4 Å². The zero-order valence-electron chi connectivity index (χ0n) is 16.8. The molecule has 1 N–H and O–H groups in total. The monoisotopic (exact) mass is 481 g/mol. The van der Waals surface area contributed by atoms with Crippen LogP contribution in [0, 0.1) is 0 Å². The van der Waals surface area contributed by atoms with Crippen LogP contribution in [0.3, 0.4) is 0 Å². The number of methoxy groups -OCH3 is 1. The number of anilines is 2. The Hall–Kier alpha value is -3.67. The molecule has 4 rings (SSSR count). The second-order valence-corrected chi connectivity index (χ2v) is 7.56. The third-order valence-corrected chi connectivity index (χ3v) is 5.33. The first-order chi connectivity index (χ1) is 15.6. The molecule has 2 heterocycles. The fourth-order valence-electron chi connectivity index (χ4n) is 3.52. The fourth-order valence-corrected chi connectivity index (χ4v) is 3.78. The average molecular weight is 482 g/mol. The summed E-state index contributed by atoms with van der Waals surface area (Å²) in [5.41, 5.74) is -0.800. The molecule has 0 unspecified atom stereocenters. The van der Waals surface area contributed by atoms with E-state index >= 15 is 0 Å². The van der Waals surface area contributed by atoms with Crippen LogP contribution < -0.4 is 15.0 Å². The summed E-state index contributed by atoms with van der Waals surface area (Å²) in [4.78, 5) is 39.0. The Balaban J connectivity index is 1.48. The molecule has 2 aliphatic rings. The second kappa shape index (κ2) is 8.35. The maximum atomic E-state index is 13.0. The van der Waals surface area contributed by atoms with E-state index in [9.17, 15) is 27.6 Å². The van der Waals surface area contributed by atoms with Gasteiger partial charge in [0.2, 0.25) is 5.91 Å². The van der Waals surface area contributed by atoms with Gasteiger partial charge in [-0.2, -0.15) is 18.3 Å². The smallest absolute Gasteiger partial charge is 0.416 e. The number of halogens is 4. The van der Waals surface area contributed by atoms with Gasteiger partial charge in [0.1, 0.15) is 12.3 Å². The van der Waals surface area contributed by atoms with Gasteiger partial charge in [-0.3, -0.25) is 19.4 Å². The lowest BCUT2D eigenvalue weighted by Crippen LogP contribution is -2.43. The summed E-state index contributed by atoms with van der Waals surface area (Å²) in [5, 5.41) is 11.1. The lowest BCUT2D eigenvalue weighted by atomic mass is 10.1. The zero-order valence-corrected chi connectivity index (χ0v) is 17.6. The second-order valence-electron chi connectivity index (χ2n) is 7.15. The number of rotatable bonds is 5. The Bertz CT molecular complexity index is 1170. The minimum atomic E-state index is -4.57. The van der Waals surface area contributed by atoms with E-state index in [1.165, 1.54) is 31.4 Å². The topological polar surface area (TPSA) is 104 Å². The number of benzene rings is 2. The fraction of sp³-hybridized carbons (Fsp3) is 0.250. The Kier molecular flexibility index (Phi) is 5.70. The molecule has 0 spiro atoms. The highest BCUT2D eigenvalue weighted by atomic mass is 35.5. The Labute approximate surface area is 189 Å². The number of amides is 3. The average Bonchev–Trinajstić information content (AvgIpc) is 3.27. The van der Waals surface area contributed by atoms with Crippen LogP contribution in [0.5, 0.6) is 5.75 Å². The van der Waals surface area contributed by atoms with Crippen molar-refractivity contribution in [1.82, 2.24) is 5.01 Å². The quantitative estimate of drug-likeness (QED) is 0.660. The Morgan fingerprint density at radius 2 is 1.94 bits per heavy atom. The van der Waals surface area contributed by atoms with Gasteiger partial charge in [0.05, 0.1) is 23.4 Å². The largest absolute Gasteiger partial charge is 0.495 e. The zero-order chi connectivity index (χ0) is 23.9. The van der Waals surface area contributed by atoms with Crippen molar-refractivity contribution >= 4 is 40.7 Å². The van der Waals surface area contributed by atoms with Crippen molar-refractivity contribution in [2.24, 2.45) is 10.3 Å². The first kappa shape index (κ1) is 22.5. The number of fused-ring (bicyclic) bond motifs is 1. The van der Waals surface area contributed by atoms with Gasteiger partial charge in [-0.05, 0) is 36.4 Å². The number of nitrogens with one attached hydrogen (secondary N) is 1. The van der Waals surface area contributed by atoms with Crippen molar-refractivity contribution in [2.75, 3.05) is 23.9 Å². The number of ether oxygens (including phenoxy) is 1. The van der Waals surface area contributed by atoms with E-state index in [2.05, 4.69) is 15.7 Å². The molecule has 2 aromatic rings. The number of imide groups is 1. The Morgan fingerprint density at radius 3 is 2.61 bits per heavy atom. The van der Waals surface area contributed by atoms with E-state index in [1.807, 2.05) is 0 Å². The van der Waals surface area contributed by atoms with Crippen molar-refractivity contribution < 1.29 is 32.3 Å². The molecule has 2 aromatic carbocycles. The molecular weight excluding hydrogens is 467 g/mol. The predicted octanol–water partition coefficient (Wildman–Crippen LogP) is 3.30. The van der Waals surface area contributed by atoms with Crippen molar-refractivity contribution in [3.8, 4) is 5.75 Å². The highest BCUT2D eigenvalue weighted by molar-refractivity contribution is 6.33. The number of carbonyl (C=O) groups is 3. The summed E-state index contributed by atoms with van der Waals surface area (Å²) in [6, 6.07) is 6.15. The summed E-state index contributed by atoms with van der Waals surface area (Å²) >= 11 is 6.09. The summed E-state index contributed by atoms with van der Waals surface area (Å²) in [6.45, 7) is -0.503. The van der Waals surface area contributed by atoms with Crippen molar-refractivity contribution in [3.63, 3.8) is 0 Å². The molecule has 172 valence electrons. The molecule has 0 radical (unpaired) electrons. The minimum absolute atomic E-state index is 0.0779. The maximum Gasteiger partial charge on any atom is 0.416 e. The van der Waals surface area contributed by atoms with Crippen LogP contribution in [0.1, 0.15) is 5.56 Å². The van der Waals surface area contributed by atoms with E-state index in [4.69, 9.17) is 16.3 Å². The molecule has 2 aliphatic heterocycles. The first-order valence-electron chi connectivity index (χ1n) is 9.46. The maximum absolute atomic E-state index is 13.0. The molecule has 13 heteroatoms. The van der Waals surface area contributed by atoms with Gasteiger partial charge in [0.25, 0.3) is 11.8 Å². The molecule has 1 fully saturated rings. The molecular formula is C20H15ClF3N5O4. The van der Waals surface area contributed by atoms with Crippen LogP contribution in [0.2, 0.25) is 5.02 Å². The molecule has 0 saturated carbocycles. The molecule has 0 aromatic heterocycles. The molecule has 0 aliphatic carbocycles. The molecule has 9 nitrogen and oxygen atoms in total. The number of hydrogen-bond donors (Lipinski definition) is 1. The lowest BCUT2D eigenvalue weighted by molar-refractivity contribution is -0.137. The summed E-state index contributed by atoms with van der Waals surface area (Å²) in [5.74, 6) is -1.69. The van der Waals surface area contributed by atoms with E-state index in [1.54, 1.807) is 0 Å². The van der Waals surface area contributed by atoms with Gasteiger partial charge in [-0.25, -0.2) is 4.90 Å². The van der Waals surface area contributed by atoms with Crippen molar-refractivity contribution in [1.29, 1.82) is 0 Å². The summed E-state index contributed by atoms with van der Waals surface area (Å²) in [7, 11) is 1.42. The van der Waals surface area contributed by atoms with Crippen molar-refractivity contribution in [2.45, 2.75) is 18.3 Å². The molecule has 1 saturated heterocycles. The highest BCUT2D eigenvalue weighted by Gasteiger charge is 2.55. The van der Waals surface area contributed by atoms with Crippen LogP contribution in [-0.2, 0) is 20.6 Å². The number of nitrogens with zero attached hydrogens (tertiary/aromatic N) is 4. The molecule has 3 amide bonds. The third-order valence-electron chi connectivity index (χ3n) is 5.03. The summed E-state index contributed by atoms with van der Waals surface area (Å²) in [6.07, 6.45) is -4.57. The minimum Gasteiger partial charge on any atom is -0.495 e. The van der Waals surface area contributed by atoms with Crippen LogP contribution >= 0.6 is 11.6 Å². The standard InChI is InChI=1S/C20H15ClF3N5O4/c1-33-14-6-5-12(8-13(14)21)29-18(31)16-17(19(29)32)28(27-26-16)9-15(30)25-11-4-2-3-10(7-11)20(22,23)24/h2-8,16-17H,9H2,1H3,(H,25,30)/t16-,17+/m0/s1. The molecule has 0 bridgehead atoms. The van der Waals surface area contributed by atoms with Gasteiger partial charge in [0.15, 0.2) is 12.1 Å². The number of alkyl halides is 3. The van der Waals surface area contributed by atoms with Crippen LogP contribution in [-0.4, -0.2) is 48.5 Å². The normalized spacial score (nSPS) is 19.8. The van der Waals surface area contributed by atoms with E-state index in [0.29, 0.717) is 5.75 Å². The van der Waals surface area contributed by atoms with Crippen LogP contribution in [0.4, 0.5) is 24.5 Å². The van der Waals surface area contributed by atoms with Gasteiger partial charge in [-0.15, -0.1) is 0 Å². The van der Waals surface area contributed by atoms with Gasteiger partial charge < -0.3 is 10.1 Å². The molecule has 2 atom stereocenters. The molecule has 33 heavy (non-hydrogen) atoms. The van der Waals surface area contributed by atoms with Crippen LogP contribution in [0.15, 0.2) is 52.8 Å². The predicted molar refractivity (Wildman–Crippen MR) is 110 cm³/mol. The van der Waals surface area contributed by atoms with Gasteiger partial charge in [0, 0.05) is 5.69 Å². The SMILES string of the molecule is COc1ccc(N2C(=O)[C@H]3N=NN(CC(=O)Nc4cccc(C(F)(F)F)c4)[C@H]3C2=O)cc1Cl. The number of hydrogen-bond acceptors (Lipinski definition) is 7.